The molecule has 0 bridgehead atoms. The summed E-state index contributed by atoms with van der Waals surface area (Å²) in [6, 6.07) is 3.78. The van der Waals surface area contributed by atoms with Crippen LogP contribution in [0.1, 0.15) is 19.5 Å². The number of rotatable bonds is 8. The van der Waals surface area contributed by atoms with Gasteiger partial charge in [0.15, 0.2) is 5.71 Å². The molecule has 3 rings (SSSR count). The molecule has 2 unspecified atom stereocenters. The van der Waals surface area contributed by atoms with E-state index in [4.69, 9.17) is 4.84 Å². The third kappa shape index (κ3) is 4.13. The van der Waals surface area contributed by atoms with E-state index in [0.29, 0.717) is 6.41 Å². The Morgan fingerprint density at radius 1 is 1.43 bits per heavy atom. The lowest BCUT2D eigenvalue weighted by Gasteiger charge is -2.48. The van der Waals surface area contributed by atoms with Crippen LogP contribution in [0.2, 0.25) is 0 Å². The van der Waals surface area contributed by atoms with Crippen molar-refractivity contribution in [3.8, 4) is 0 Å². The number of amides is 3. The second kappa shape index (κ2) is 8.95. The molecule has 0 aliphatic carbocycles. The van der Waals surface area contributed by atoms with Crippen LogP contribution >= 0.6 is 11.8 Å². The normalized spacial score (nSPS) is 22.9. The quantitative estimate of drug-likeness (QED) is 0.227. The summed E-state index contributed by atoms with van der Waals surface area (Å²) in [7, 11) is 0. The fourth-order valence-electron chi connectivity index (χ4n) is 2.92. The smallest absolute Gasteiger partial charge is 0.334 e. The monoisotopic (exact) mass is 433 g/mol. The molecule has 1 fully saturated rings. The lowest BCUT2D eigenvalue weighted by atomic mass is 10.1. The summed E-state index contributed by atoms with van der Waals surface area (Å²) in [5.41, 5.74) is 0.110. The minimum Gasteiger partial charge on any atom is -0.478 e. The SMILES string of the molecule is CCON=C(C(=O)NC1C(=O)N2C=C(C(=O)O)C(C)S[C@H]12)c1cccc(NC=O)n1. The highest BCUT2D eigenvalue weighted by Crippen LogP contribution is 2.40. The molecule has 0 saturated carbocycles. The lowest BCUT2D eigenvalue weighted by molar-refractivity contribution is -0.144. The van der Waals surface area contributed by atoms with E-state index in [-0.39, 0.29) is 34.7 Å². The van der Waals surface area contributed by atoms with Gasteiger partial charge in [-0.25, -0.2) is 9.78 Å². The minimum atomic E-state index is -1.09. The van der Waals surface area contributed by atoms with Crippen LogP contribution in [0.25, 0.3) is 0 Å². The summed E-state index contributed by atoms with van der Waals surface area (Å²) in [5, 5.41) is 17.3. The van der Waals surface area contributed by atoms with E-state index < -0.39 is 29.2 Å². The number of carbonyl (C=O) groups is 4. The molecule has 3 heterocycles. The van der Waals surface area contributed by atoms with E-state index in [2.05, 4.69) is 20.8 Å². The summed E-state index contributed by atoms with van der Waals surface area (Å²) in [5.74, 6) is -1.98. The van der Waals surface area contributed by atoms with Crippen LogP contribution < -0.4 is 10.6 Å². The molecule has 0 spiro atoms. The first kappa shape index (κ1) is 21.3. The summed E-state index contributed by atoms with van der Waals surface area (Å²) in [6.45, 7) is 3.62. The Kier molecular flexibility index (Phi) is 6.35. The topological polar surface area (TPSA) is 150 Å². The Morgan fingerprint density at radius 3 is 2.87 bits per heavy atom. The van der Waals surface area contributed by atoms with Crippen LogP contribution in [0.4, 0.5) is 5.82 Å². The molecule has 2 aliphatic rings. The summed E-state index contributed by atoms with van der Waals surface area (Å²) in [4.78, 5) is 57.7. The number of hydrogen-bond acceptors (Lipinski definition) is 8. The third-order valence-electron chi connectivity index (χ3n) is 4.37. The molecule has 11 nitrogen and oxygen atoms in total. The van der Waals surface area contributed by atoms with Gasteiger partial charge in [-0.05, 0) is 26.0 Å². The maximum atomic E-state index is 12.9. The predicted molar refractivity (Wildman–Crippen MR) is 107 cm³/mol. The second-order valence-corrected chi connectivity index (χ2v) is 7.75. The minimum absolute atomic E-state index is 0.122. The number of aliphatic carboxylic acids is 1. The first-order valence-electron chi connectivity index (χ1n) is 8.98. The highest BCUT2D eigenvalue weighted by Gasteiger charge is 2.51. The van der Waals surface area contributed by atoms with Crippen molar-refractivity contribution in [1.82, 2.24) is 15.2 Å². The number of carbonyl (C=O) groups excluding carboxylic acids is 3. The van der Waals surface area contributed by atoms with Crippen molar-refractivity contribution < 1.29 is 29.1 Å². The standard InChI is InChI=1S/C18H19N5O6S/c1-3-29-22-13(11-5-4-6-12(20-11)19-8-24)15(25)21-14-16(26)23-7-10(18(27)28)9(2)30-17(14)23/h4-9,14,17H,3H2,1-2H3,(H,21,25)(H,27,28)(H,19,20,24)/t9?,14?,17-/m1/s1. The number of pyridine rings is 1. The number of nitrogens with one attached hydrogen (secondary N) is 2. The number of hydrogen-bond donors (Lipinski definition) is 3. The second-order valence-electron chi connectivity index (χ2n) is 6.28. The molecule has 3 atom stereocenters. The van der Waals surface area contributed by atoms with Crippen LogP contribution in [0.5, 0.6) is 0 Å². The maximum Gasteiger partial charge on any atom is 0.334 e. The van der Waals surface area contributed by atoms with Gasteiger partial charge in [-0.3, -0.25) is 14.4 Å². The first-order chi connectivity index (χ1) is 14.4. The number of β-lactam (4-membered cyclic amide) rings is 1. The van der Waals surface area contributed by atoms with E-state index in [1.165, 1.54) is 35.0 Å². The molecular formula is C18H19N5O6S. The fourth-order valence-corrected chi connectivity index (χ4v) is 4.28. The number of carboxylic acids is 1. The zero-order chi connectivity index (χ0) is 21.8. The van der Waals surface area contributed by atoms with E-state index in [9.17, 15) is 24.3 Å². The van der Waals surface area contributed by atoms with Gasteiger partial charge in [-0.1, -0.05) is 11.2 Å². The molecule has 30 heavy (non-hydrogen) atoms. The molecular weight excluding hydrogens is 414 g/mol. The Hall–Kier alpha value is -3.41. The van der Waals surface area contributed by atoms with E-state index >= 15 is 0 Å². The Bertz CT molecular complexity index is 949. The average Bonchev–Trinajstić information content (AvgIpc) is 2.72. The van der Waals surface area contributed by atoms with Crippen molar-refractivity contribution in [1.29, 1.82) is 0 Å². The Morgan fingerprint density at radius 2 is 2.20 bits per heavy atom. The molecule has 158 valence electrons. The molecule has 2 aliphatic heterocycles. The van der Waals surface area contributed by atoms with Crippen LogP contribution in [0, 0.1) is 0 Å². The number of thioether (sulfide) groups is 1. The maximum absolute atomic E-state index is 12.9. The van der Waals surface area contributed by atoms with Gasteiger partial charge >= 0.3 is 5.97 Å². The van der Waals surface area contributed by atoms with Gasteiger partial charge in [0.2, 0.25) is 6.41 Å². The molecule has 1 saturated heterocycles. The Labute approximate surface area is 175 Å². The van der Waals surface area contributed by atoms with Crippen LogP contribution in [-0.2, 0) is 24.0 Å². The molecule has 12 heteroatoms. The van der Waals surface area contributed by atoms with Crippen molar-refractivity contribution in [2.24, 2.45) is 5.16 Å². The van der Waals surface area contributed by atoms with Crippen LogP contribution in [0.15, 0.2) is 35.1 Å². The lowest BCUT2D eigenvalue weighted by Crippen LogP contribution is -2.69. The van der Waals surface area contributed by atoms with Gasteiger partial charge in [-0.15, -0.1) is 11.8 Å². The van der Waals surface area contributed by atoms with Crippen LogP contribution in [-0.4, -0.2) is 68.2 Å². The van der Waals surface area contributed by atoms with Gasteiger partial charge in [-0.2, -0.15) is 0 Å². The highest BCUT2D eigenvalue weighted by molar-refractivity contribution is 8.00. The number of oxime groups is 1. The highest BCUT2D eigenvalue weighted by atomic mass is 32.2. The Balaban J connectivity index is 1.79. The molecule has 0 aromatic carbocycles. The molecule has 3 amide bonds. The van der Waals surface area contributed by atoms with Crippen molar-refractivity contribution in [3.05, 3.63) is 35.7 Å². The zero-order valence-electron chi connectivity index (χ0n) is 16.1. The van der Waals surface area contributed by atoms with Gasteiger partial charge in [0.1, 0.15) is 29.5 Å². The molecule has 3 N–H and O–H groups in total. The van der Waals surface area contributed by atoms with Crippen molar-refractivity contribution in [2.75, 3.05) is 11.9 Å². The zero-order valence-corrected chi connectivity index (χ0v) is 16.9. The molecule has 0 radical (unpaired) electrons. The van der Waals surface area contributed by atoms with Crippen LogP contribution in [0.3, 0.4) is 0 Å². The third-order valence-corrected chi connectivity index (χ3v) is 5.81. The summed E-state index contributed by atoms with van der Waals surface area (Å²) >= 11 is 1.27. The number of nitrogens with zero attached hydrogens (tertiary/aromatic N) is 3. The van der Waals surface area contributed by atoms with Gasteiger partial charge in [0.05, 0.1) is 5.57 Å². The first-order valence-corrected chi connectivity index (χ1v) is 9.92. The van der Waals surface area contributed by atoms with E-state index in [1.807, 2.05) is 0 Å². The number of aromatic nitrogens is 1. The molecule has 1 aromatic heterocycles. The van der Waals surface area contributed by atoms with E-state index in [1.54, 1.807) is 19.9 Å². The van der Waals surface area contributed by atoms with Crippen molar-refractivity contribution in [3.63, 3.8) is 0 Å². The largest absolute Gasteiger partial charge is 0.478 e. The van der Waals surface area contributed by atoms with E-state index in [0.717, 1.165) is 0 Å². The molecule has 1 aromatic rings. The summed E-state index contributed by atoms with van der Waals surface area (Å²) in [6.07, 6.45) is 1.76. The predicted octanol–water partition coefficient (Wildman–Crippen LogP) is 0.147. The number of carboxylic acid groups (broad SMARTS) is 1. The van der Waals surface area contributed by atoms with Gasteiger partial charge in [0, 0.05) is 11.4 Å². The van der Waals surface area contributed by atoms with Gasteiger partial charge < -0.3 is 25.5 Å². The number of anilines is 1. The summed E-state index contributed by atoms with van der Waals surface area (Å²) < 4.78 is 0. The fraction of sp³-hybridized carbons (Fsp3) is 0.333. The van der Waals surface area contributed by atoms with Gasteiger partial charge in [0.25, 0.3) is 11.8 Å². The average molecular weight is 433 g/mol. The van der Waals surface area contributed by atoms with Crippen molar-refractivity contribution in [2.45, 2.75) is 30.5 Å². The number of fused-ring (bicyclic) bond motifs is 1. The van der Waals surface area contributed by atoms with Crippen molar-refractivity contribution >= 4 is 47.5 Å².